The topological polar surface area (TPSA) is 67.8 Å². The average molecular weight is 310 g/mol. The lowest BCUT2D eigenvalue weighted by molar-refractivity contribution is -0.139. The van der Waals surface area contributed by atoms with E-state index in [1.54, 1.807) is 30.3 Å². The summed E-state index contributed by atoms with van der Waals surface area (Å²) in [7, 11) is 0. The van der Waals surface area contributed by atoms with E-state index in [-0.39, 0.29) is 17.9 Å². The van der Waals surface area contributed by atoms with Crippen LogP contribution < -0.4 is 10.5 Å². The molecule has 0 saturated heterocycles. The van der Waals surface area contributed by atoms with Crippen LogP contribution in [0.25, 0.3) is 0 Å². The lowest BCUT2D eigenvalue weighted by Crippen LogP contribution is -2.16. The van der Waals surface area contributed by atoms with Gasteiger partial charge in [0.05, 0.1) is 5.56 Å². The van der Waals surface area contributed by atoms with Gasteiger partial charge < -0.3 is 15.7 Å². The number of ether oxygens (including phenoxy) is 1. The first-order valence-electron chi connectivity index (χ1n) is 6.27. The van der Waals surface area contributed by atoms with Crippen LogP contribution in [0.1, 0.15) is 16.7 Å². The molecule has 7 heteroatoms. The molecule has 0 amide bonds. The van der Waals surface area contributed by atoms with Gasteiger partial charge in [-0.1, -0.05) is 35.5 Å². The fourth-order valence-corrected chi connectivity index (χ4v) is 1.83. The van der Waals surface area contributed by atoms with E-state index < -0.39 is 17.6 Å². The first-order chi connectivity index (χ1) is 10.4. The third kappa shape index (κ3) is 3.69. The number of oxime groups is 1. The van der Waals surface area contributed by atoms with Crippen molar-refractivity contribution in [1.29, 1.82) is 0 Å². The highest BCUT2D eigenvalue weighted by Gasteiger charge is 2.35. The molecule has 0 aliphatic rings. The van der Waals surface area contributed by atoms with Crippen LogP contribution >= 0.6 is 0 Å². The molecule has 0 aliphatic heterocycles. The zero-order chi connectivity index (χ0) is 16.2. The maximum absolute atomic E-state index is 13.1. The van der Waals surface area contributed by atoms with Gasteiger partial charge in [-0.25, -0.2) is 0 Å². The summed E-state index contributed by atoms with van der Waals surface area (Å²) >= 11 is 0. The van der Waals surface area contributed by atoms with Crippen molar-refractivity contribution >= 4 is 5.84 Å². The van der Waals surface area contributed by atoms with Crippen LogP contribution in [0.3, 0.4) is 0 Å². The van der Waals surface area contributed by atoms with Crippen molar-refractivity contribution in [3.63, 3.8) is 0 Å². The Balaban J connectivity index is 2.30. The summed E-state index contributed by atoms with van der Waals surface area (Å²) in [5, 5.41) is 11.2. The smallest absolute Gasteiger partial charge is 0.419 e. The van der Waals surface area contributed by atoms with Gasteiger partial charge in [-0.15, -0.1) is 0 Å². The van der Waals surface area contributed by atoms with Crippen LogP contribution in [0.5, 0.6) is 5.75 Å². The minimum Gasteiger partial charge on any atom is -0.488 e. The van der Waals surface area contributed by atoms with Gasteiger partial charge in [0.15, 0.2) is 5.84 Å². The van der Waals surface area contributed by atoms with Crippen LogP contribution in [0.15, 0.2) is 53.7 Å². The van der Waals surface area contributed by atoms with Crippen molar-refractivity contribution in [2.24, 2.45) is 10.9 Å². The molecule has 2 aromatic rings. The Labute approximate surface area is 124 Å². The summed E-state index contributed by atoms with van der Waals surface area (Å²) in [5.41, 5.74) is 5.04. The highest BCUT2D eigenvalue weighted by atomic mass is 19.4. The van der Waals surface area contributed by atoms with Crippen molar-refractivity contribution in [1.82, 2.24) is 0 Å². The Morgan fingerprint density at radius 3 is 2.41 bits per heavy atom. The van der Waals surface area contributed by atoms with Crippen LogP contribution in [0, 0.1) is 0 Å². The number of nitrogens with two attached hydrogens (primary N) is 1. The number of benzene rings is 2. The Hall–Kier alpha value is -2.70. The molecular weight excluding hydrogens is 297 g/mol. The fraction of sp³-hybridized carbons (Fsp3) is 0.133. The highest BCUT2D eigenvalue weighted by molar-refractivity contribution is 5.97. The molecule has 0 spiro atoms. The Kier molecular flexibility index (Phi) is 4.55. The number of hydrogen-bond acceptors (Lipinski definition) is 3. The summed E-state index contributed by atoms with van der Waals surface area (Å²) in [6.07, 6.45) is -4.61. The van der Waals surface area contributed by atoms with E-state index in [0.29, 0.717) is 0 Å². The molecule has 0 saturated carbocycles. The summed E-state index contributed by atoms with van der Waals surface area (Å²) in [5.74, 6) is -0.717. The van der Waals surface area contributed by atoms with E-state index in [2.05, 4.69) is 5.16 Å². The molecule has 0 aliphatic carbocycles. The molecule has 116 valence electrons. The van der Waals surface area contributed by atoms with Crippen LogP contribution in [0.2, 0.25) is 0 Å². The second kappa shape index (κ2) is 6.38. The van der Waals surface area contributed by atoms with Gasteiger partial charge in [0.25, 0.3) is 0 Å². The molecule has 22 heavy (non-hydrogen) atoms. The lowest BCUT2D eigenvalue weighted by atomic mass is 10.1. The number of hydrogen-bond donors (Lipinski definition) is 2. The number of rotatable bonds is 4. The molecule has 0 unspecified atom stereocenters. The Bertz CT molecular complexity index is 670. The third-order valence-corrected chi connectivity index (χ3v) is 2.93. The van der Waals surface area contributed by atoms with E-state index in [0.717, 1.165) is 17.7 Å². The highest BCUT2D eigenvalue weighted by Crippen LogP contribution is 2.37. The van der Waals surface area contributed by atoms with Gasteiger partial charge in [0.1, 0.15) is 12.4 Å². The van der Waals surface area contributed by atoms with E-state index in [4.69, 9.17) is 15.7 Å². The van der Waals surface area contributed by atoms with Gasteiger partial charge in [-0.05, 0) is 23.8 Å². The van der Waals surface area contributed by atoms with Crippen molar-refractivity contribution < 1.29 is 23.1 Å². The third-order valence-electron chi connectivity index (χ3n) is 2.93. The van der Waals surface area contributed by atoms with Crippen molar-refractivity contribution in [2.75, 3.05) is 0 Å². The van der Waals surface area contributed by atoms with Gasteiger partial charge in [-0.3, -0.25) is 0 Å². The zero-order valence-electron chi connectivity index (χ0n) is 11.3. The first kappa shape index (κ1) is 15.7. The summed E-state index contributed by atoms with van der Waals surface area (Å²) < 4.78 is 44.5. The van der Waals surface area contributed by atoms with E-state index in [1.807, 2.05) is 0 Å². The zero-order valence-corrected chi connectivity index (χ0v) is 11.3. The van der Waals surface area contributed by atoms with Crippen LogP contribution in [0.4, 0.5) is 13.2 Å². The van der Waals surface area contributed by atoms with E-state index in [1.165, 1.54) is 6.07 Å². The number of alkyl halides is 3. The molecule has 3 N–H and O–H groups in total. The van der Waals surface area contributed by atoms with Gasteiger partial charge in [0.2, 0.25) is 0 Å². The average Bonchev–Trinajstić information content (AvgIpc) is 2.52. The SMILES string of the molecule is N/C(=N/O)c1ccc(OCc2ccccc2)c(C(F)(F)F)c1. The predicted octanol–water partition coefficient (Wildman–Crippen LogP) is 3.38. The molecule has 2 aromatic carbocycles. The second-order valence-corrected chi connectivity index (χ2v) is 4.47. The molecule has 0 fully saturated rings. The lowest BCUT2D eigenvalue weighted by Gasteiger charge is -2.15. The second-order valence-electron chi connectivity index (χ2n) is 4.47. The molecular formula is C15H13F3N2O2. The summed E-state index contributed by atoms with van der Waals surface area (Å²) in [6, 6.07) is 12.1. The summed E-state index contributed by atoms with van der Waals surface area (Å²) in [6.45, 7) is 0.00678. The standard InChI is InChI=1S/C15H13F3N2O2/c16-15(17,18)12-8-11(14(19)20-21)6-7-13(12)22-9-10-4-2-1-3-5-10/h1-8,21H,9H2,(H2,19,20). The quantitative estimate of drug-likeness (QED) is 0.394. The number of nitrogens with zero attached hydrogens (tertiary/aromatic N) is 1. The van der Waals surface area contributed by atoms with Gasteiger partial charge in [0, 0.05) is 5.56 Å². The van der Waals surface area contributed by atoms with Gasteiger partial charge in [-0.2, -0.15) is 13.2 Å². The Morgan fingerprint density at radius 2 is 1.82 bits per heavy atom. The minimum atomic E-state index is -4.61. The molecule has 0 aromatic heterocycles. The van der Waals surface area contributed by atoms with Crippen molar-refractivity contribution in [2.45, 2.75) is 12.8 Å². The van der Waals surface area contributed by atoms with E-state index in [9.17, 15) is 13.2 Å². The maximum atomic E-state index is 13.1. The van der Waals surface area contributed by atoms with Crippen LogP contribution in [-0.2, 0) is 12.8 Å². The van der Waals surface area contributed by atoms with E-state index >= 15 is 0 Å². The molecule has 0 heterocycles. The predicted molar refractivity (Wildman–Crippen MR) is 74.7 cm³/mol. The van der Waals surface area contributed by atoms with Crippen LogP contribution in [-0.4, -0.2) is 11.0 Å². The normalized spacial score (nSPS) is 12.2. The molecule has 0 atom stereocenters. The monoisotopic (exact) mass is 310 g/mol. The van der Waals surface area contributed by atoms with Crippen molar-refractivity contribution in [3.05, 3.63) is 65.2 Å². The molecule has 4 nitrogen and oxygen atoms in total. The van der Waals surface area contributed by atoms with Crippen molar-refractivity contribution in [3.8, 4) is 5.75 Å². The molecule has 0 bridgehead atoms. The summed E-state index contributed by atoms with van der Waals surface area (Å²) in [4.78, 5) is 0. The molecule has 2 rings (SSSR count). The minimum absolute atomic E-state index is 0.00678. The maximum Gasteiger partial charge on any atom is 0.419 e. The first-order valence-corrected chi connectivity index (χ1v) is 6.27. The molecule has 0 radical (unpaired) electrons. The number of halogens is 3. The number of amidine groups is 1. The Morgan fingerprint density at radius 1 is 1.14 bits per heavy atom. The fourth-order valence-electron chi connectivity index (χ4n) is 1.83. The largest absolute Gasteiger partial charge is 0.488 e. The van der Waals surface area contributed by atoms with Gasteiger partial charge >= 0.3 is 6.18 Å².